The standard InChI is InChI=1S/C39H44ClN8O5P/c1-27(2)36(49)44-38-43-35-34(37(45-38)52-28(3)21-22-41)42-26-48(35)33-24-47(23-32(53-33)25-51-54(40,50)46(4)5)39(29-15-9-6-10-16-29,30-17-11-7-12-18-30)31-19-13-8-14-20-31/h6-20,26-28,32-33H,21,23-25H2,1-5H3,(H,43,44,45,49)/t28-,32-,33+,54?/m0/s1. The van der Waals surface area contributed by atoms with Crippen LogP contribution in [0, 0.1) is 17.2 Å². The Bertz CT molecular complexity index is 2030. The Morgan fingerprint density at radius 3 is 2.09 bits per heavy atom. The summed E-state index contributed by atoms with van der Waals surface area (Å²) in [6.07, 6.45) is -0.184. The summed E-state index contributed by atoms with van der Waals surface area (Å²) in [5.74, 6) is -0.474. The first-order valence-electron chi connectivity index (χ1n) is 17.7. The van der Waals surface area contributed by atoms with E-state index in [1.165, 1.54) is 4.67 Å². The normalized spacial score (nSPS) is 18.3. The van der Waals surface area contributed by atoms with Gasteiger partial charge in [-0.3, -0.25) is 24.1 Å². The highest BCUT2D eigenvalue weighted by Crippen LogP contribution is 2.54. The van der Waals surface area contributed by atoms with Crippen LogP contribution in [0.2, 0.25) is 0 Å². The van der Waals surface area contributed by atoms with Crippen molar-refractivity contribution < 1.29 is 23.4 Å². The molecule has 13 nitrogen and oxygen atoms in total. The van der Waals surface area contributed by atoms with Crippen molar-refractivity contribution >= 4 is 41.1 Å². The van der Waals surface area contributed by atoms with Gasteiger partial charge >= 0.3 is 6.87 Å². The van der Waals surface area contributed by atoms with Gasteiger partial charge in [0.2, 0.25) is 17.7 Å². The number of ether oxygens (including phenoxy) is 2. The molecule has 1 aliphatic heterocycles. The number of nitrogens with one attached hydrogen (secondary N) is 1. The highest BCUT2D eigenvalue weighted by atomic mass is 35.7. The maximum Gasteiger partial charge on any atom is 0.362 e. The number of rotatable bonds is 14. The largest absolute Gasteiger partial charge is 0.472 e. The molecule has 0 aliphatic carbocycles. The zero-order valence-electron chi connectivity index (χ0n) is 30.9. The van der Waals surface area contributed by atoms with Gasteiger partial charge in [0.1, 0.15) is 12.3 Å². The Hall–Kier alpha value is -4.67. The van der Waals surface area contributed by atoms with E-state index in [1.54, 1.807) is 45.8 Å². The van der Waals surface area contributed by atoms with Gasteiger partial charge in [-0.15, -0.1) is 0 Å². The van der Waals surface area contributed by atoms with Gasteiger partial charge in [0.25, 0.3) is 0 Å². The van der Waals surface area contributed by atoms with Gasteiger partial charge in [-0.1, -0.05) is 105 Å². The molecule has 1 saturated heterocycles. The third-order valence-corrected chi connectivity index (χ3v) is 11.9. The van der Waals surface area contributed by atoms with Crippen LogP contribution in [0.15, 0.2) is 97.3 Å². The number of nitrogens with zero attached hydrogens (tertiary/aromatic N) is 7. The molecule has 1 N–H and O–H groups in total. The van der Waals surface area contributed by atoms with Crippen LogP contribution < -0.4 is 10.1 Å². The molecule has 1 unspecified atom stereocenters. The summed E-state index contributed by atoms with van der Waals surface area (Å²) in [6.45, 7) is 2.24. The highest BCUT2D eigenvalue weighted by molar-refractivity contribution is 7.83. The summed E-state index contributed by atoms with van der Waals surface area (Å²) in [7, 11) is 3.19. The summed E-state index contributed by atoms with van der Waals surface area (Å²) in [5, 5.41) is 12.1. The van der Waals surface area contributed by atoms with E-state index < -0.39 is 30.8 Å². The van der Waals surface area contributed by atoms with Crippen LogP contribution in [0.25, 0.3) is 11.2 Å². The molecule has 3 heterocycles. The highest BCUT2D eigenvalue weighted by Gasteiger charge is 2.47. The molecule has 3 aromatic carbocycles. The van der Waals surface area contributed by atoms with E-state index in [0.29, 0.717) is 24.3 Å². The number of amides is 1. The zero-order valence-corrected chi connectivity index (χ0v) is 32.5. The van der Waals surface area contributed by atoms with Gasteiger partial charge in [-0.25, -0.2) is 9.65 Å². The molecule has 0 bridgehead atoms. The van der Waals surface area contributed by atoms with E-state index in [-0.39, 0.29) is 36.7 Å². The summed E-state index contributed by atoms with van der Waals surface area (Å²) >= 11 is 6.37. The number of benzene rings is 3. The fourth-order valence-corrected chi connectivity index (χ4v) is 7.32. The Balaban J connectivity index is 1.53. The number of carbonyl (C=O) groups excluding carboxylic acids is 1. The van der Waals surface area contributed by atoms with Crippen LogP contribution in [0.5, 0.6) is 5.88 Å². The first-order chi connectivity index (χ1) is 25.9. The van der Waals surface area contributed by atoms with E-state index in [2.05, 4.69) is 62.7 Å². The average molecular weight is 771 g/mol. The first kappa shape index (κ1) is 39.0. The molecule has 1 fully saturated rings. The van der Waals surface area contributed by atoms with Crippen LogP contribution in [0.4, 0.5) is 5.95 Å². The molecule has 1 aliphatic rings. The quantitative estimate of drug-likeness (QED) is 0.0902. The Labute approximate surface area is 320 Å². The molecule has 4 atom stereocenters. The SMILES string of the molecule is CC(C)C(=O)Nc1nc(O[C@@H](C)CC#N)c2ncn([C@H]3CN(C(c4ccccc4)(c4ccccc4)c4ccccc4)C[C@@H](COP(=O)(Cl)N(C)C)O3)c2n1. The fourth-order valence-electron chi connectivity index (χ4n) is 6.57. The van der Waals surface area contributed by atoms with Gasteiger partial charge in [-0.05, 0) is 49.0 Å². The van der Waals surface area contributed by atoms with Crippen molar-refractivity contribution in [2.24, 2.45) is 5.92 Å². The molecule has 0 spiro atoms. The average Bonchev–Trinajstić information content (AvgIpc) is 3.60. The van der Waals surface area contributed by atoms with Gasteiger partial charge < -0.3 is 14.0 Å². The van der Waals surface area contributed by atoms with Crippen molar-refractivity contribution in [1.82, 2.24) is 29.1 Å². The van der Waals surface area contributed by atoms with Crippen molar-refractivity contribution in [3.05, 3.63) is 114 Å². The predicted octanol–water partition coefficient (Wildman–Crippen LogP) is 7.22. The topological polar surface area (TPSA) is 148 Å². The lowest BCUT2D eigenvalue weighted by molar-refractivity contribution is -0.145. The Morgan fingerprint density at radius 2 is 1.57 bits per heavy atom. The molecular weight excluding hydrogens is 727 g/mol. The van der Waals surface area contributed by atoms with E-state index in [1.807, 2.05) is 54.6 Å². The number of imidazole rings is 1. The lowest BCUT2D eigenvalue weighted by Crippen LogP contribution is -2.57. The first-order valence-corrected chi connectivity index (χ1v) is 20.2. The van der Waals surface area contributed by atoms with Gasteiger partial charge in [0, 0.05) is 19.0 Å². The maximum atomic E-state index is 13.2. The monoisotopic (exact) mass is 770 g/mol. The minimum Gasteiger partial charge on any atom is -0.472 e. The number of fused-ring (bicyclic) bond motifs is 1. The molecule has 1 amide bonds. The predicted molar refractivity (Wildman–Crippen MR) is 207 cm³/mol. The van der Waals surface area contributed by atoms with Gasteiger partial charge in [0.15, 0.2) is 11.2 Å². The second kappa shape index (κ2) is 16.8. The second-order valence-corrected chi connectivity index (χ2v) is 16.9. The number of hydrogen-bond acceptors (Lipinski definition) is 10. The fraction of sp³-hybridized carbons (Fsp3) is 0.359. The second-order valence-electron chi connectivity index (χ2n) is 13.6. The number of carbonyl (C=O) groups is 1. The third kappa shape index (κ3) is 8.20. The molecule has 0 radical (unpaired) electrons. The number of morpholine rings is 1. The summed E-state index contributed by atoms with van der Waals surface area (Å²) in [4.78, 5) is 29.1. The number of aromatic nitrogens is 4. The number of halogens is 1. The maximum absolute atomic E-state index is 13.2. The van der Waals surface area contributed by atoms with Crippen molar-refractivity contribution in [3.8, 4) is 11.9 Å². The van der Waals surface area contributed by atoms with Crippen molar-refractivity contribution in [3.63, 3.8) is 0 Å². The Morgan fingerprint density at radius 1 is 1.00 bits per heavy atom. The van der Waals surface area contributed by atoms with E-state index >= 15 is 0 Å². The van der Waals surface area contributed by atoms with Gasteiger partial charge in [0.05, 0.1) is 37.1 Å². The van der Waals surface area contributed by atoms with Crippen LogP contribution in [-0.2, 0) is 24.2 Å². The molecule has 0 saturated carbocycles. The Kier molecular flexibility index (Phi) is 12.1. The smallest absolute Gasteiger partial charge is 0.362 e. The lowest BCUT2D eigenvalue weighted by Gasteiger charge is -2.50. The lowest BCUT2D eigenvalue weighted by atomic mass is 9.75. The van der Waals surface area contributed by atoms with Crippen LogP contribution in [-0.4, -0.2) is 81.0 Å². The minimum atomic E-state index is -3.65. The molecule has 2 aromatic heterocycles. The molecular formula is C39H44ClN8O5P. The molecule has 282 valence electrons. The summed E-state index contributed by atoms with van der Waals surface area (Å²) in [5.41, 5.74) is 2.91. The van der Waals surface area contributed by atoms with Gasteiger partial charge in [-0.2, -0.15) is 15.2 Å². The minimum absolute atomic E-state index is 0.0240. The summed E-state index contributed by atoms with van der Waals surface area (Å²) < 4.78 is 35.1. The molecule has 54 heavy (non-hydrogen) atoms. The number of nitriles is 1. The third-order valence-electron chi connectivity index (χ3n) is 9.25. The molecule has 15 heteroatoms. The zero-order chi connectivity index (χ0) is 38.5. The number of anilines is 1. The number of hydrogen-bond donors (Lipinski definition) is 1. The van der Waals surface area contributed by atoms with Crippen molar-refractivity contribution in [1.29, 1.82) is 5.26 Å². The molecule has 5 aromatic rings. The van der Waals surface area contributed by atoms with Crippen LogP contribution in [0.3, 0.4) is 0 Å². The van der Waals surface area contributed by atoms with E-state index in [0.717, 1.165) is 16.7 Å². The van der Waals surface area contributed by atoms with Crippen molar-refractivity contribution in [2.45, 2.75) is 51.2 Å². The van der Waals surface area contributed by atoms with Crippen LogP contribution in [0.1, 0.15) is 50.1 Å². The van der Waals surface area contributed by atoms with E-state index in [4.69, 9.17) is 30.2 Å². The van der Waals surface area contributed by atoms with E-state index in [9.17, 15) is 14.6 Å². The molecule has 6 rings (SSSR count). The summed E-state index contributed by atoms with van der Waals surface area (Å²) in [6, 6.07) is 32.9. The van der Waals surface area contributed by atoms with Crippen molar-refractivity contribution in [2.75, 3.05) is 39.1 Å². The van der Waals surface area contributed by atoms with Crippen LogP contribution >= 0.6 is 18.1 Å².